The first-order chi connectivity index (χ1) is 12.8. The summed E-state index contributed by atoms with van der Waals surface area (Å²) in [6, 6.07) is 0. The van der Waals surface area contributed by atoms with Gasteiger partial charge >= 0.3 is 0 Å². The van der Waals surface area contributed by atoms with E-state index in [9.17, 15) is 14.0 Å². The summed E-state index contributed by atoms with van der Waals surface area (Å²) in [6.07, 6.45) is 1.99. The van der Waals surface area contributed by atoms with Crippen LogP contribution in [-0.4, -0.2) is 62.4 Å². The Morgan fingerprint density at radius 2 is 2.04 bits per heavy atom. The van der Waals surface area contributed by atoms with E-state index in [1.54, 1.807) is 9.47 Å². The lowest BCUT2D eigenvalue weighted by Gasteiger charge is -2.37. The maximum atomic E-state index is 14.5. The Morgan fingerprint density at radius 1 is 1.26 bits per heavy atom. The first-order valence-electron chi connectivity index (χ1n) is 9.64. The molecule has 1 aromatic heterocycles. The Kier molecular flexibility index (Phi) is 4.44. The molecule has 1 atom stereocenters. The normalized spacial score (nSPS) is 26.1. The zero-order valence-corrected chi connectivity index (χ0v) is 15.8. The van der Waals surface area contributed by atoms with Crippen molar-refractivity contribution >= 4 is 11.8 Å². The molecule has 1 N–H and O–H groups in total. The highest BCUT2D eigenvalue weighted by molar-refractivity contribution is 5.90. The average Bonchev–Trinajstić information content (AvgIpc) is 3.21. The van der Waals surface area contributed by atoms with Gasteiger partial charge in [0.05, 0.1) is 13.1 Å². The summed E-state index contributed by atoms with van der Waals surface area (Å²) in [5, 5.41) is 10.9. The lowest BCUT2D eigenvalue weighted by atomic mass is 9.81. The molecule has 9 heteroatoms. The van der Waals surface area contributed by atoms with Crippen molar-refractivity contribution in [3.63, 3.8) is 0 Å². The first kappa shape index (κ1) is 18.3. The monoisotopic (exact) mass is 379 g/mol. The number of ether oxygens (including phenoxy) is 1. The van der Waals surface area contributed by atoms with Crippen molar-refractivity contribution in [2.45, 2.75) is 64.0 Å². The van der Waals surface area contributed by atoms with Crippen molar-refractivity contribution in [3.8, 4) is 0 Å². The number of halogens is 1. The molecule has 0 aromatic carbocycles. The van der Waals surface area contributed by atoms with Crippen LogP contribution in [0.25, 0.3) is 0 Å². The molecule has 3 heterocycles. The topological polar surface area (TPSA) is 89.4 Å². The fourth-order valence-electron chi connectivity index (χ4n) is 3.95. The predicted octanol–water partition coefficient (Wildman–Crippen LogP) is 1.06. The van der Waals surface area contributed by atoms with Gasteiger partial charge in [-0.15, -0.1) is 10.2 Å². The van der Waals surface area contributed by atoms with E-state index in [0.717, 1.165) is 6.42 Å². The molecule has 8 nitrogen and oxygen atoms in total. The number of alkyl halides is 1. The van der Waals surface area contributed by atoms with Gasteiger partial charge in [-0.25, -0.2) is 4.39 Å². The highest BCUT2D eigenvalue weighted by Gasteiger charge is 2.52. The molecule has 1 aromatic rings. The van der Waals surface area contributed by atoms with E-state index in [2.05, 4.69) is 15.5 Å². The van der Waals surface area contributed by atoms with Gasteiger partial charge in [-0.2, -0.15) is 0 Å². The molecule has 0 bridgehead atoms. The number of rotatable bonds is 4. The summed E-state index contributed by atoms with van der Waals surface area (Å²) >= 11 is 0. The minimum atomic E-state index is -1.69. The van der Waals surface area contributed by atoms with Crippen molar-refractivity contribution in [3.05, 3.63) is 11.6 Å². The van der Waals surface area contributed by atoms with Crippen LogP contribution in [0, 0.1) is 5.92 Å². The Balaban J connectivity index is 1.47. The van der Waals surface area contributed by atoms with E-state index in [-0.39, 0.29) is 18.3 Å². The number of hydrogen-bond donors (Lipinski definition) is 1. The van der Waals surface area contributed by atoms with Crippen LogP contribution < -0.4 is 5.32 Å². The molecule has 27 heavy (non-hydrogen) atoms. The molecule has 2 fully saturated rings. The summed E-state index contributed by atoms with van der Waals surface area (Å²) in [6.45, 7) is 6.02. The molecule has 0 radical (unpaired) electrons. The zero-order valence-electron chi connectivity index (χ0n) is 15.8. The van der Waals surface area contributed by atoms with E-state index in [1.807, 2.05) is 13.8 Å². The Morgan fingerprint density at radius 3 is 2.70 bits per heavy atom. The van der Waals surface area contributed by atoms with Crippen LogP contribution >= 0.6 is 0 Å². The third-order valence-corrected chi connectivity index (χ3v) is 5.79. The molecule has 2 amide bonds. The molecular weight excluding hydrogens is 353 g/mol. The number of aromatic nitrogens is 3. The van der Waals surface area contributed by atoms with Gasteiger partial charge in [0.2, 0.25) is 5.82 Å². The molecule has 4 rings (SSSR count). The van der Waals surface area contributed by atoms with E-state index < -0.39 is 17.2 Å². The molecule has 1 saturated carbocycles. The Labute approximate surface area is 157 Å². The number of amides is 2. The summed E-state index contributed by atoms with van der Waals surface area (Å²) in [4.78, 5) is 26.5. The van der Waals surface area contributed by atoms with Crippen LogP contribution in [0.2, 0.25) is 0 Å². The van der Waals surface area contributed by atoms with Crippen molar-refractivity contribution < 1.29 is 18.7 Å². The smallest absolute Gasteiger partial charge is 0.289 e. The van der Waals surface area contributed by atoms with Crippen molar-refractivity contribution in [2.24, 2.45) is 5.92 Å². The minimum Gasteiger partial charge on any atom is -0.363 e. The largest absolute Gasteiger partial charge is 0.363 e. The predicted molar refractivity (Wildman–Crippen MR) is 93.6 cm³/mol. The lowest BCUT2D eigenvalue weighted by molar-refractivity contribution is -0.151. The number of likely N-dealkylation sites (tertiary alicyclic amines) is 1. The van der Waals surface area contributed by atoms with Crippen LogP contribution in [0.3, 0.4) is 0 Å². The fraction of sp³-hybridized carbons (Fsp3) is 0.778. The third kappa shape index (κ3) is 3.22. The van der Waals surface area contributed by atoms with Crippen molar-refractivity contribution in [2.75, 3.05) is 19.6 Å². The second-order valence-corrected chi connectivity index (χ2v) is 8.40. The zero-order chi connectivity index (χ0) is 19.2. The number of fused-ring (bicyclic) bond motifs is 1. The maximum Gasteiger partial charge on any atom is 0.289 e. The van der Waals surface area contributed by atoms with Gasteiger partial charge < -0.3 is 19.5 Å². The van der Waals surface area contributed by atoms with Crippen molar-refractivity contribution in [1.82, 2.24) is 25.0 Å². The molecular formula is C18H26FN5O3. The standard InChI is InChI=1S/C18H26FN5O3/c1-12(2)8-20-15(25)14-22-21-13-9-27-17(11-24(13)14)6-7-23(10-17)16(26)18(19)4-3-5-18/h12H,3-11H2,1-2H3,(H,20,25). The van der Waals surface area contributed by atoms with E-state index in [0.29, 0.717) is 57.2 Å². The van der Waals surface area contributed by atoms with Crippen LogP contribution in [-0.2, 0) is 22.7 Å². The molecule has 3 aliphatic rings. The van der Waals surface area contributed by atoms with Gasteiger partial charge in [0.1, 0.15) is 12.2 Å². The Hall–Kier alpha value is -2.03. The quantitative estimate of drug-likeness (QED) is 0.845. The second-order valence-electron chi connectivity index (χ2n) is 8.40. The second kappa shape index (κ2) is 6.54. The third-order valence-electron chi connectivity index (χ3n) is 5.79. The number of carbonyl (C=O) groups is 2. The number of carbonyl (C=O) groups excluding carboxylic acids is 2. The van der Waals surface area contributed by atoms with E-state index in [1.165, 1.54) is 0 Å². The molecule has 2 aliphatic heterocycles. The molecule has 148 valence electrons. The molecule has 1 unspecified atom stereocenters. The highest BCUT2D eigenvalue weighted by Crippen LogP contribution is 2.40. The van der Waals surface area contributed by atoms with Gasteiger partial charge in [-0.05, 0) is 31.6 Å². The summed E-state index contributed by atoms with van der Waals surface area (Å²) in [5.41, 5.74) is -2.30. The summed E-state index contributed by atoms with van der Waals surface area (Å²) < 4.78 is 22.3. The SMILES string of the molecule is CC(C)CNC(=O)c1nnc2n1CC1(CCN(C(=O)C3(F)CCC3)C1)OC2. The number of nitrogens with zero attached hydrogens (tertiary/aromatic N) is 4. The molecule has 1 spiro atoms. The van der Waals surface area contributed by atoms with Gasteiger partial charge in [0.25, 0.3) is 11.8 Å². The number of nitrogens with one attached hydrogen (secondary N) is 1. The van der Waals surface area contributed by atoms with Crippen LogP contribution in [0.1, 0.15) is 56.0 Å². The van der Waals surface area contributed by atoms with E-state index in [4.69, 9.17) is 4.74 Å². The summed E-state index contributed by atoms with van der Waals surface area (Å²) in [5.74, 6) is 0.516. The first-order valence-corrected chi connectivity index (χ1v) is 9.64. The van der Waals surface area contributed by atoms with E-state index >= 15 is 0 Å². The van der Waals surface area contributed by atoms with Gasteiger partial charge in [0.15, 0.2) is 11.5 Å². The van der Waals surface area contributed by atoms with Gasteiger partial charge in [-0.3, -0.25) is 9.59 Å². The maximum absolute atomic E-state index is 14.5. The highest BCUT2D eigenvalue weighted by atomic mass is 19.1. The molecule has 1 saturated heterocycles. The average molecular weight is 379 g/mol. The fourth-order valence-corrected chi connectivity index (χ4v) is 3.95. The van der Waals surface area contributed by atoms with Crippen LogP contribution in [0.15, 0.2) is 0 Å². The minimum absolute atomic E-state index is 0.229. The Bertz CT molecular complexity index is 760. The number of hydrogen-bond acceptors (Lipinski definition) is 5. The lowest BCUT2D eigenvalue weighted by Crippen LogP contribution is -2.52. The van der Waals surface area contributed by atoms with Gasteiger partial charge in [-0.1, -0.05) is 13.8 Å². The van der Waals surface area contributed by atoms with Crippen LogP contribution in [0.5, 0.6) is 0 Å². The van der Waals surface area contributed by atoms with Gasteiger partial charge in [0, 0.05) is 13.1 Å². The van der Waals surface area contributed by atoms with Crippen LogP contribution in [0.4, 0.5) is 4.39 Å². The van der Waals surface area contributed by atoms with Crippen molar-refractivity contribution in [1.29, 1.82) is 0 Å². The molecule has 1 aliphatic carbocycles. The summed E-state index contributed by atoms with van der Waals surface area (Å²) in [7, 11) is 0.